The Morgan fingerprint density at radius 3 is 2.43 bits per heavy atom. The monoisotopic (exact) mass is 467 g/mol. The van der Waals surface area contributed by atoms with Crippen LogP contribution in [0.15, 0.2) is 72.8 Å². The summed E-state index contributed by atoms with van der Waals surface area (Å²) >= 11 is 0. The van der Waals surface area contributed by atoms with Gasteiger partial charge < -0.3 is 14.8 Å². The Kier molecular flexibility index (Phi) is 7.94. The molecule has 1 N–H and O–H groups in total. The zero-order valence-electron chi connectivity index (χ0n) is 17.6. The minimum absolute atomic E-state index is 0. The topological polar surface area (TPSA) is 30.5 Å². The average molecular weight is 468 g/mol. The van der Waals surface area contributed by atoms with Gasteiger partial charge in [0.25, 0.3) is 0 Å². The van der Waals surface area contributed by atoms with Crippen LogP contribution in [0.4, 0.5) is 0 Å². The van der Waals surface area contributed by atoms with Gasteiger partial charge in [-0.2, -0.15) is 0 Å². The SMILES string of the molecule is Br.COc1ccc2c(c1)[C@H](Cc1ccccc1)[C@H](NCc1ccccc1OC)CC2. The second-order valence-corrected chi connectivity index (χ2v) is 7.70. The molecule has 0 fully saturated rings. The highest BCUT2D eigenvalue weighted by Crippen LogP contribution is 2.37. The maximum atomic E-state index is 5.54. The number of aryl methyl sites for hydroxylation is 1. The van der Waals surface area contributed by atoms with Crippen LogP contribution in [-0.2, 0) is 19.4 Å². The summed E-state index contributed by atoms with van der Waals surface area (Å²) in [5, 5.41) is 3.84. The van der Waals surface area contributed by atoms with Crippen molar-refractivity contribution in [2.75, 3.05) is 14.2 Å². The standard InChI is InChI=1S/C26H29NO2.BrH/c1-28-22-14-12-20-13-15-25(27-18-21-10-6-7-11-26(21)29-2)24(23(20)17-22)16-19-8-4-3-5-9-19;/h3-12,14,17,24-25,27H,13,15-16,18H2,1-2H3;1H/t24-,25+;/m0./s1. The number of methoxy groups -OCH3 is 2. The molecule has 1 aliphatic rings. The molecule has 3 aromatic carbocycles. The number of nitrogens with one attached hydrogen (secondary N) is 1. The van der Waals surface area contributed by atoms with Crippen LogP contribution in [0.3, 0.4) is 0 Å². The van der Waals surface area contributed by atoms with E-state index in [0.717, 1.165) is 37.3 Å². The van der Waals surface area contributed by atoms with E-state index in [0.29, 0.717) is 12.0 Å². The summed E-state index contributed by atoms with van der Waals surface area (Å²) in [5.74, 6) is 2.29. The lowest BCUT2D eigenvalue weighted by atomic mass is 9.76. The van der Waals surface area contributed by atoms with Gasteiger partial charge in [0.2, 0.25) is 0 Å². The molecule has 0 aliphatic heterocycles. The Hall–Kier alpha value is -2.30. The lowest BCUT2D eigenvalue weighted by Crippen LogP contribution is -2.39. The van der Waals surface area contributed by atoms with Crippen LogP contribution in [-0.4, -0.2) is 20.3 Å². The Morgan fingerprint density at radius 2 is 1.67 bits per heavy atom. The molecule has 3 aromatic rings. The van der Waals surface area contributed by atoms with Gasteiger partial charge in [0, 0.05) is 24.1 Å². The lowest BCUT2D eigenvalue weighted by Gasteiger charge is -2.35. The second kappa shape index (κ2) is 10.6. The molecule has 0 radical (unpaired) electrons. The van der Waals surface area contributed by atoms with Crippen LogP contribution in [0.2, 0.25) is 0 Å². The molecular formula is C26H30BrNO2. The highest BCUT2D eigenvalue weighted by molar-refractivity contribution is 8.93. The summed E-state index contributed by atoms with van der Waals surface area (Å²) in [6, 6.07) is 26.0. The Morgan fingerprint density at radius 1 is 0.900 bits per heavy atom. The number of fused-ring (bicyclic) bond motifs is 1. The van der Waals surface area contributed by atoms with Crippen molar-refractivity contribution in [3.05, 3.63) is 95.1 Å². The predicted octanol–water partition coefficient (Wildman–Crippen LogP) is 5.71. The second-order valence-electron chi connectivity index (χ2n) is 7.70. The number of hydrogen-bond acceptors (Lipinski definition) is 3. The minimum atomic E-state index is 0. The molecule has 0 saturated heterocycles. The third-order valence-electron chi connectivity index (χ3n) is 6.01. The van der Waals surface area contributed by atoms with Crippen LogP contribution in [0.1, 0.15) is 34.6 Å². The van der Waals surface area contributed by atoms with Crippen molar-refractivity contribution in [2.24, 2.45) is 0 Å². The van der Waals surface area contributed by atoms with Crippen molar-refractivity contribution < 1.29 is 9.47 Å². The molecule has 0 bridgehead atoms. The van der Waals surface area contributed by atoms with Crippen molar-refractivity contribution in [1.29, 1.82) is 0 Å². The molecule has 0 amide bonds. The fourth-order valence-electron chi connectivity index (χ4n) is 4.46. The summed E-state index contributed by atoms with van der Waals surface area (Å²) in [5.41, 5.74) is 5.43. The van der Waals surface area contributed by atoms with E-state index in [1.54, 1.807) is 14.2 Å². The molecule has 0 unspecified atom stereocenters. The predicted molar refractivity (Wildman–Crippen MR) is 128 cm³/mol. The Labute approximate surface area is 190 Å². The van der Waals surface area contributed by atoms with Crippen LogP contribution in [0.25, 0.3) is 0 Å². The van der Waals surface area contributed by atoms with Gasteiger partial charge in [0.1, 0.15) is 11.5 Å². The largest absolute Gasteiger partial charge is 0.497 e. The first-order valence-electron chi connectivity index (χ1n) is 10.3. The highest BCUT2D eigenvalue weighted by atomic mass is 79.9. The molecular weight excluding hydrogens is 438 g/mol. The number of ether oxygens (including phenoxy) is 2. The normalized spacial score (nSPS) is 17.5. The maximum absolute atomic E-state index is 5.54. The first-order chi connectivity index (χ1) is 14.3. The highest BCUT2D eigenvalue weighted by Gasteiger charge is 2.30. The number of rotatable bonds is 7. The van der Waals surface area contributed by atoms with Crippen LogP contribution in [0, 0.1) is 0 Å². The van der Waals surface area contributed by atoms with E-state index in [1.165, 1.54) is 22.3 Å². The summed E-state index contributed by atoms with van der Waals surface area (Å²) in [6.07, 6.45) is 3.24. The fourth-order valence-corrected chi connectivity index (χ4v) is 4.46. The van der Waals surface area contributed by atoms with Gasteiger partial charge in [0.15, 0.2) is 0 Å². The third-order valence-corrected chi connectivity index (χ3v) is 6.01. The van der Waals surface area contributed by atoms with Crippen molar-refractivity contribution in [3.8, 4) is 11.5 Å². The van der Waals surface area contributed by atoms with E-state index in [9.17, 15) is 0 Å². The zero-order valence-corrected chi connectivity index (χ0v) is 19.3. The van der Waals surface area contributed by atoms with Gasteiger partial charge in [-0.05, 0) is 54.2 Å². The smallest absolute Gasteiger partial charge is 0.123 e. The van der Waals surface area contributed by atoms with Crippen LogP contribution in [0.5, 0.6) is 11.5 Å². The molecule has 4 heteroatoms. The molecule has 3 nitrogen and oxygen atoms in total. The van der Waals surface area contributed by atoms with Crippen molar-refractivity contribution in [3.63, 3.8) is 0 Å². The molecule has 0 saturated carbocycles. The average Bonchev–Trinajstić information content (AvgIpc) is 2.79. The lowest BCUT2D eigenvalue weighted by molar-refractivity contribution is 0.369. The van der Waals surface area contributed by atoms with Gasteiger partial charge in [-0.3, -0.25) is 0 Å². The van der Waals surface area contributed by atoms with Crippen LogP contribution >= 0.6 is 17.0 Å². The quantitative estimate of drug-likeness (QED) is 0.482. The fraction of sp³-hybridized carbons (Fsp3) is 0.308. The number of halogens is 1. The number of para-hydroxylation sites is 1. The van der Waals surface area contributed by atoms with Gasteiger partial charge in [-0.25, -0.2) is 0 Å². The van der Waals surface area contributed by atoms with E-state index >= 15 is 0 Å². The number of benzene rings is 3. The minimum Gasteiger partial charge on any atom is -0.497 e. The van der Waals surface area contributed by atoms with Gasteiger partial charge in [0.05, 0.1) is 14.2 Å². The zero-order chi connectivity index (χ0) is 20.1. The Balaban J connectivity index is 0.00000256. The summed E-state index contributed by atoms with van der Waals surface area (Å²) in [7, 11) is 3.48. The molecule has 1 aliphatic carbocycles. The summed E-state index contributed by atoms with van der Waals surface area (Å²) < 4.78 is 11.1. The molecule has 0 heterocycles. The van der Waals surface area contributed by atoms with Crippen molar-refractivity contribution in [1.82, 2.24) is 5.32 Å². The molecule has 0 spiro atoms. The number of hydrogen-bond donors (Lipinski definition) is 1. The summed E-state index contributed by atoms with van der Waals surface area (Å²) in [4.78, 5) is 0. The summed E-state index contributed by atoms with van der Waals surface area (Å²) in [6.45, 7) is 0.805. The molecule has 158 valence electrons. The van der Waals surface area contributed by atoms with Gasteiger partial charge in [-0.1, -0.05) is 54.6 Å². The van der Waals surface area contributed by atoms with E-state index < -0.39 is 0 Å². The molecule has 2 atom stereocenters. The first-order valence-corrected chi connectivity index (χ1v) is 10.3. The van der Waals surface area contributed by atoms with E-state index in [4.69, 9.17) is 9.47 Å². The molecule has 0 aromatic heterocycles. The Bertz CT molecular complexity index is 945. The van der Waals surface area contributed by atoms with E-state index in [1.807, 2.05) is 12.1 Å². The van der Waals surface area contributed by atoms with Gasteiger partial charge >= 0.3 is 0 Å². The maximum Gasteiger partial charge on any atom is 0.123 e. The van der Waals surface area contributed by atoms with Gasteiger partial charge in [-0.15, -0.1) is 17.0 Å². The molecule has 30 heavy (non-hydrogen) atoms. The third kappa shape index (κ3) is 5.05. The van der Waals surface area contributed by atoms with Crippen molar-refractivity contribution >= 4 is 17.0 Å². The van der Waals surface area contributed by atoms with E-state index in [2.05, 4.69) is 66.0 Å². The first kappa shape index (κ1) is 22.4. The van der Waals surface area contributed by atoms with Crippen LogP contribution < -0.4 is 14.8 Å². The van der Waals surface area contributed by atoms with E-state index in [-0.39, 0.29) is 17.0 Å². The van der Waals surface area contributed by atoms with Crippen molar-refractivity contribution in [2.45, 2.75) is 37.8 Å². The molecule has 4 rings (SSSR count).